The van der Waals surface area contributed by atoms with Crippen LogP contribution in [0.4, 0.5) is 5.69 Å². The Kier molecular flexibility index (Phi) is 4.48. The number of hydrogen-bond donors (Lipinski definition) is 2. The lowest BCUT2D eigenvalue weighted by Crippen LogP contribution is -2.23. The number of carbonyl (C=O) groups excluding carboxylic acids is 1. The summed E-state index contributed by atoms with van der Waals surface area (Å²) in [5.41, 5.74) is 7.56. The van der Waals surface area contributed by atoms with Gasteiger partial charge in [-0.1, -0.05) is 23.7 Å². The van der Waals surface area contributed by atoms with Gasteiger partial charge in [0.05, 0.1) is 12.7 Å². The summed E-state index contributed by atoms with van der Waals surface area (Å²) in [4.78, 5) is 12.1. The van der Waals surface area contributed by atoms with Gasteiger partial charge in [0.2, 0.25) is 0 Å². The molecule has 1 amide bonds. The fraction of sp³-hybridized carbons (Fsp3) is 0.133. The molecule has 0 aliphatic heterocycles. The van der Waals surface area contributed by atoms with Crippen molar-refractivity contribution < 1.29 is 9.53 Å². The molecule has 4 nitrogen and oxygen atoms in total. The van der Waals surface area contributed by atoms with Crippen molar-refractivity contribution in [2.75, 3.05) is 12.8 Å². The molecular weight excluding hydrogens is 276 g/mol. The molecule has 0 atom stereocenters. The maximum absolute atomic E-state index is 12.1. The summed E-state index contributed by atoms with van der Waals surface area (Å²) in [6, 6.07) is 12.3. The second kappa shape index (κ2) is 6.30. The molecule has 0 unspecified atom stereocenters. The Morgan fingerprint density at radius 1 is 1.30 bits per heavy atom. The molecule has 0 bridgehead atoms. The molecule has 0 fully saturated rings. The van der Waals surface area contributed by atoms with Gasteiger partial charge < -0.3 is 15.8 Å². The zero-order chi connectivity index (χ0) is 14.5. The molecule has 20 heavy (non-hydrogen) atoms. The van der Waals surface area contributed by atoms with Crippen LogP contribution in [0.2, 0.25) is 5.02 Å². The molecule has 104 valence electrons. The number of anilines is 1. The SMILES string of the molecule is COc1ccc(C(=O)NCc2cccc(Cl)c2)c(N)c1. The van der Waals surface area contributed by atoms with E-state index in [1.54, 1.807) is 37.4 Å². The molecule has 0 spiro atoms. The van der Waals surface area contributed by atoms with Crippen molar-refractivity contribution in [2.45, 2.75) is 6.54 Å². The van der Waals surface area contributed by atoms with Crippen LogP contribution in [0.25, 0.3) is 0 Å². The standard InChI is InChI=1S/C15H15ClN2O2/c1-20-12-5-6-13(14(17)8-12)15(19)18-9-10-3-2-4-11(16)7-10/h2-8H,9,17H2,1H3,(H,18,19). The molecule has 0 radical (unpaired) electrons. The molecule has 2 rings (SSSR count). The molecule has 0 aromatic heterocycles. The Morgan fingerprint density at radius 3 is 2.75 bits per heavy atom. The number of amides is 1. The Balaban J connectivity index is 2.05. The van der Waals surface area contributed by atoms with Crippen molar-refractivity contribution in [1.82, 2.24) is 5.32 Å². The van der Waals surface area contributed by atoms with Gasteiger partial charge in [0.1, 0.15) is 5.75 Å². The van der Waals surface area contributed by atoms with E-state index in [1.165, 1.54) is 0 Å². The Hall–Kier alpha value is -2.20. The second-order valence-corrected chi connectivity index (χ2v) is 4.70. The van der Waals surface area contributed by atoms with Crippen molar-refractivity contribution in [3.63, 3.8) is 0 Å². The highest BCUT2D eigenvalue weighted by atomic mass is 35.5. The first-order valence-electron chi connectivity index (χ1n) is 6.06. The lowest BCUT2D eigenvalue weighted by atomic mass is 10.1. The van der Waals surface area contributed by atoms with E-state index in [2.05, 4.69) is 5.32 Å². The first kappa shape index (κ1) is 14.2. The quantitative estimate of drug-likeness (QED) is 0.851. The summed E-state index contributed by atoms with van der Waals surface area (Å²) < 4.78 is 5.05. The summed E-state index contributed by atoms with van der Waals surface area (Å²) >= 11 is 5.89. The van der Waals surface area contributed by atoms with Crippen LogP contribution in [0, 0.1) is 0 Å². The Morgan fingerprint density at radius 2 is 2.10 bits per heavy atom. The third kappa shape index (κ3) is 3.42. The van der Waals surface area contributed by atoms with Crippen LogP contribution in [-0.2, 0) is 6.54 Å². The fourth-order valence-electron chi connectivity index (χ4n) is 1.80. The lowest BCUT2D eigenvalue weighted by Gasteiger charge is -2.09. The zero-order valence-electron chi connectivity index (χ0n) is 11.0. The fourth-order valence-corrected chi connectivity index (χ4v) is 2.01. The van der Waals surface area contributed by atoms with Crippen LogP contribution in [0.3, 0.4) is 0 Å². The number of rotatable bonds is 4. The molecule has 0 heterocycles. The number of ether oxygens (including phenoxy) is 1. The summed E-state index contributed by atoms with van der Waals surface area (Å²) in [5, 5.41) is 3.44. The third-order valence-corrected chi connectivity index (χ3v) is 3.08. The highest BCUT2D eigenvalue weighted by molar-refractivity contribution is 6.30. The predicted molar refractivity (Wildman–Crippen MR) is 80.0 cm³/mol. The molecule has 0 aliphatic rings. The Bertz CT molecular complexity index is 629. The number of nitrogens with two attached hydrogens (primary N) is 1. The molecule has 5 heteroatoms. The second-order valence-electron chi connectivity index (χ2n) is 4.27. The number of nitrogens with one attached hydrogen (secondary N) is 1. The maximum Gasteiger partial charge on any atom is 0.253 e. The van der Waals surface area contributed by atoms with Gasteiger partial charge in [-0.2, -0.15) is 0 Å². The van der Waals surface area contributed by atoms with Crippen LogP contribution < -0.4 is 15.8 Å². The number of hydrogen-bond acceptors (Lipinski definition) is 3. The number of halogens is 1. The van der Waals surface area contributed by atoms with E-state index in [4.69, 9.17) is 22.1 Å². The third-order valence-electron chi connectivity index (χ3n) is 2.85. The van der Waals surface area contributed by atoms with Gasteiger partial charge in [0.25, 0.3) is 5.91 Å². The largest absolute Gasteiger partial charge is 0.497 e. The van der Waals surface area contributed by atoms with Crippen molar-refractivity contribution in [2.24, 2.45) is 0 Å². The summed E-state index contributed by atoms with van der Waals surface area (Å²) in [6.07, 6.45) is 0. The smallest absolute Gasteiger partial charge is 0.253 e. The molecule has 0 aliphatic carbocycles. The summed E-state index contributed by atoms with van der Waals surface area (Å²) in [6.45, 7) is 0.394. The monoisotopic (exact) mass is 290 g/mol. The molecule has 2 aromatic rings. The minimum atomic E-state index is -0.231. The van der Waals surface area contributed by atoms with Crippen LogP contribution in [0.5, 0.6) is 5.75 Å². The van der Waals surface area contributed by atoms with Gasteiger partial charge >= 0.3 is 0 Å². The maximum atomic E-state index is 12.1. The van der Waals surface area contributed by atoms with Gasteiger partial charge in [-0.15, -0.1) is 0 Å². The van der Waals surface area contributed by atoms with E-state index in [0.717, 1.165) is 5.56 Å². The number of carbonyl (C=O) groups is 1. The van der Waals surface area contributed by atoms with Crippen molar-refractivity contribution in [3.8, 4) is 5.75 Å². The van der Waals surface area contributed by atoms with Crippen LogP contribution in [-0.4, -0.2) is 13.0 Å². The van der Waals surface area contributed by atoms with Crippen molar-refractivity contribution in [3.05, 3.63) is 58.6 Å². The highest BCUT2D eigenvalue weighted by Gasteiger charge is 2.10. The normalized spacial score (nSPS) is 10.1. The van der Waals surface area contributed by atoms with Gasteiger partial charge in [-0.05, 0) is 29.8 Å². The minimum Gasteiger partial charge on any atom is -0.497 e. The van der Waals surface area contributed by atoms with E-state index in [9.17, 15) is 4.79 Å². The van der Waals surface area contributed by atoms with Gasteiger partial charge in [0.15, 0.2) is 0 Å². The van der Waals surface area contributed by atoms with E-state index >= 15 is 0 Å². The molecule has 0 saturated heterocycles. The Labute approximate surface area is 122 Å². The summed E-state index contributed by atoms with van der Waals surface area (Å²) in [5.74, 6) is 0.388. The number of benzene rings is 2. The predicted octanol–water partition coefficient (Wildman–Crippen LogP) is 2.86. The van der Waals surface area contributed by atoms with Gasteiger partial charge in [-0.3, -0.25) is 4.79 Å². The zero-order valence-corrected chi connectivity index (χ0v) is 11.8. The topological polar surface area (TPSA) is 64.3 Å². The molecule has 3 N–H and O–H groups in total. The first-order valence-corrected chi connectivity index (χ1v) is 6.44. The minimum absolute atomic E-state index is 0.231. The van der Waals surface area contributed by atoms with Crippen molar-refractivity contribution in [1.29, 1.82) is 0 Å². The van der Waals surface area contributed by atoms with Crippen LogP contribution in [0.15, 0.2) is 42.5 Å². The van der Waals surface area contributed by atoms with Crippen molar-refractivity contribution >= 4 is 23.2 Å². The average molecular weight is 291 g/mol. The average Bonchev–Trinajstić information content (AvgIpc) is 2.44. The molecule has 0 saturated carbocycles. The molecular formula is C15H15ClN2O2. The van der Waals surface area contributed by atoms with Crippen LogP contribution >= 0.6 is 11.6 Å². The molecule has 2 aromatic carbocycles. The van der Waals surface area contributed by atoms with E-state index < -0.39 is 0 Å². The number of nitrogen functional groups attached to an aromatic ring is 1. The van der Waals surface area contributed by atoms with Gasteiger partial charge in [0, 0.05) is 23.3 Å². The lowest BCUT2D eigenvalue weighted by molar-refractivity contribution is 0.0952. The first-order chi connectivity index (χ1) is 9.60. The van der Waals surface area contributed by atoms with Gasteiger partial charge in [-0.25, -0.2) is 0 Å². The van der Waals surface area contributed by atoms with E-state index in [1.807, 2.05) is 12.1 Å². The van der Waals surface area contributed by atoms with E-state index in [0.29, 0.717) is 28.6 Å². The highest BCUT2D eigenvalue weighted by Crippen LogP contribution is 2.19. The number of methoxy groups -OCH3 is 1. The summed E-state index contributed by atoms with van der Waals surface area (Å²) in [7, 11) is 1.55. The van der Waals surface area contributed by atoms with E-state index in [-0.39, 0.29) is 5.91 Å². The van der Waals surface area contributed by atoms with Crippen LogP contribution in [0.1, 0.15) is 15.9 Å².